The predicted molar refractivity (Wildman–Crippen MR) is 85.4 cm³/mol. The third kappa shape index (κ3) is 4.20. The molecule has 2 heterocycles. The van der Waals surface area contributed by atoms with Crippen LogP contribution in [0, 0.1) is 0 Å². The van der Waals surface area contributed by atoms with Crippen LogP contribution >= 0.6 is 11.7 Å². The van der Waals surface area contributed by atoms with Crippen molar-refractivity contribution in [3.8, 4) is 0 Å². The monoisotopic (exact) mass is 313 g/mol. The number of likely N-dealkylation sites (N-methyl/N-ethyl adjacent to an activating group) is 1. The highest BCUT2D eigenvalue weighted by Crippen LogP contribution is 2.24. The van der Waals surface area contributed by atoms with Crippen molar-refractivity contribution in [2.75, 3.05) is 25.9 Å². The van der Waals surface area contributed by atoms with Gasteiger partial charge in [-0.05, 0) is 25.5 Å². The van der Waals surface area contributed by atoms with E-state index in [0.717, 1.165) is 38.0 Å². The average Bonchev–Trinajstić information content (AvgIpc) is 2.93. The third-order valence-corrected chi connectivity index (χ3v) is 5.52. The van der Waals surface area contributed by atoms with Crippen molar-refractivity contribution >= 4 is 28.1 Å². The van der Waals surface area contributed by atoms with Crippen LogP contribution in [0.2, 0.25) is 0 Å². The van der Waals surface area contributed by atoms with Gasteiger partial charge in [0.2, 0.25) is 0 Å². The number of rotatable bonds is 7. The minimum absolute atomic E-state index is 0.702. The molecule has 0 spiro atoms. The van der Waals surface area contributed by atoms with Crippen LogP contribution in [0.3, 0.4) is 0 Å². The van der Waals surface area contributed by atoms with Gasteiger partial charge in [-0.25, -0.2) is 0 Å². The second-order valence-electron chi connectivity index (χ2n) is 5.28. The van der Waals surface area contributed by atoms with Gasteiger partial charge in [-0.1, -0.05) is 32.3 Å². The Kier molecular flexibility index (Phi) is 6.32. The molecule has 0 amide bonds. The Labute approximate surface area is 128 Å². The predicted octanol–water partition coefficient (Wildman–Crippen LogP) is 2.94. The van der Waals surface area contributed by atoms with Crippen LogP contribution in [-0.2, 0) is 10.8 Å². The second kappa shape index (κ2) is 8.00. The van der Waals surface area contributed by atoms with Crippen LogP contribution in [0.15, 0.2) is 11.1 Å². The molecule has 0 radical (unpaired) electrons. The maximum atomic E-state index is 12.4. The maximum Gasteiger partial charge on any atom is 0.168 e. The Morgan fingerprint density at radius 2 is 2.20 bits per heavy atom. The molecule has 2 rings (SSSR count). The van der Waals surface area contributed by atoms with Crippen LogP contribution in [0.1, 0.15) is 44.7 Å². The summed E-state index contributed by atoms with van der Waals surface area (Å²) in [6.07, 6.45) is 7.84. The van der Waals surface area contributed by atoms with Crippen LogP contribution < -0.4 is 0 Å². The fourth-order valence-electron chi connectivity index (χ4n) is 2.35. The summed E-state index contributed by atoms with van der Waals surface area (Å²) in [5, 5.41) is 0.702. The minimum atomic E-state index is -1.00. The molecule has 1 aliphatic rings. The Morgan fingerprint density at radius 3 is 2.95 bits per heavy atom. The van der Waals surface area contributed by atoms with E-state index in [1.54, 1.807) is 0 Å². The molecule has 20 heavy (non-hydrogen) atoms. The van der Waals surface area contributed by atoms with E-state index in [1.807, 2.05) is 0 Å². The maximum absolute atomic E-state index is 12.4. The second-order valence-corrected chi connectivity index (χ2v) is 7.30. The standard InChI is InChI=1S/C14H23N3OS2/c1-3-4-5-6-10-20(18)14-13(15-19-16-14)12-8-7-9-17(2)11-12/h8H,3-7,9-11H2,1-2H3. The Bertz CT molecular complexity index is 485. The van der Waals surface area contributed by atoms with E-state index in [9.17, 15) is 4.21 Å². The Morgan fingerprint density at radius 1 is 1.35 bits per heavy atom. The molecule has 1 unspecified atom stereocenters. The highest BCUT2D eigenvalue weighted by molar-refractivity contribution is 7.85. The summed E-state index contributed by atoms with van der Waals surface area (Å²) in [4.78, 5) is 2.27. The zero-order valence-corrected chi connectivity index (χ0v) is 13.9. The summed E-state index contributed by atoms with van der Waals surface area (Å²) in [6, 6.07) is 0. The normalized spacial score (nSPS) is 18.0. The van der Waals surface area contributed by atoms with Gasteiger partial charge in [0.05, 0.1) is 22.5 Å². The van der Waals surface area contributed by atoms with E-state index in [0.29, 0.717) is 10.8 Å². The van der Waals surface area contributed by atoms with Gasteiger partial charge in [0, 0.05) is 18.8 Å². The van der Waals surface area contributed by atoms with Crippen molar-refractivity contribution in [2.45, 2.75) is 44.1 Å². The summed E-state index contributed by atoms with van der Waals surface area (Å²) in [5.41, 5.74) is 2.06. The van der Waals surface area contributed by atoms with Crippen molar-refractivity contribution < 1.29 is 4.21 Å². The molecular formula is C14H23N3OS2. The lowest BCUT2D eigenvalue weighted by molar-refractivity contribution is 0.372. The van der Waals surface area contributed by atoms with Crippen molar-refractivity contribution in [3.63, 3.8) is 0 Å². The van der Waals surface area contributed by atoms with Crippen LogP contribution in [0.5, 0.6) is 0 Å². The summed E-state index contributed by atoms with van der Waals surface area (Å²) in [5.74, 6) is 0.710. The molecule has 1 atom stereocenters. The molecule has 112 valence electrons. The van der Waals surface area contributed by atoms with Crippen molar-refractivity contribution in [3.05, 3.63) is 11.8 Å². The fraction of sp³-hybridized carbons (Fsp3) is 0.714. The molecule has 0 saturated carbocycles. The lowest BCUT2D eigenvalue weighted by atomic mass is 10.1. The molecule has 1 aromatic rings. The van der Waals surface area contributed by atoms with Crippen molar-refractivity contribution in [1.29, 1.82) is 0 Å². The van der Waals surface area contributed by atoms with Crippen LogP contribution in [0.4, 0.5) is 0 Å². The highest BCUT2D eigenvalue weighted by atomic mass is 32.2. The molecule has 0 saturated heterocycles. The van der Waals surface area contributed by atoms with E-state index in [4.69, 9.17) is 0 Å². The molecule has 1 aliphatic heterocycles. The van der Waals surface area contributed by atoms with Gasteiger partial charge in [-0.2, -0.15) is 8.75 Å². The molecule has 0 N–H and O–H groups in total. The van der Waals surface area contributed by atoms with Gasteiger partial charge in [0.1, 0.15) is 5.69 Å². The van der Waals surface area contributed by atoms with Gasteiger partial charge in [-0.3, -0.25) is 4.21 Å². The van der Waals surface area contributed by atoms with Gasteiger partial charge < -0.3 is 4.90 Å². The summed E-state index contributed by atoms with van der Waals surface area (Å²) < 4.78 is 21.1. The average molecular weight is 313 g/mol. The largest absolute Gasteiger partial charge is 0.302 e. The number of unbranched alkanes of at least 4 members (excludes halogenated alkanes) is 3. The third-order valence-electron chi connectivity index (χ3n) is 3.50. The smallest absolute Gasteiger partial charge is 0.168 e. The quantitative estimate of drug-likeness (QED) is 0.726. The summed E-state index contributed by atoms with van der Waals surface area (Å²) in [7, 11) is 1.10. The van der Waals surface area contributed by atoms with Crippen LogP contribution in [0.25, 0.3) is 5.57 Å². The van der Waals surface area contributed by atoms with E-state index in [1.165, 1.54) is 30.1 Å². The molecule has 0 bridgehead atoms. The Balaban J connectivity index is 2.01. The zero-order chi connectivity index (χ0) is 14.4. The Hall–Kier alpha value is -0.590. The number of nitrogens with zero attached hydrogens (tertiary/aromatic N) is 3. The topological polar surface area (TPSA) is 46.1 Å². The minimum Gasteiger partial charge on any atom is -0.302 e. The van der Waals surface area contributed by atoms with E-state index in [2.05, 4.69) is 33.7 Å². The van der Waals surface area contributed by atoms with Gasteiger partial charge in [0.25, 0.3) is 0 Å². The number of aromatic nitrogens is 2. The summed E-state index contributed by atoms with van der Waals surface area (Å²) >= 11 is 1.18. The molecular weight excluding hydrogens is 290 g/mol. The van der Waals surface area contributed by atoms with Gasteiger partial charge in [-0.15, -0.1) is 0 Å². The SMILES string of the molecule is CCCCCCS(=O)c1nsnc1C1=CCCN(C)C1. The molecule has 6 heteroatoms. The lowest BCUT2D eigenvalue weighted by Crippen LogP contribution is -2.25. The molecule has 4 nitrogen and oxygen atoms in total. The van der Waals surface area contributed by atoms with E-state index in [-0.39, 0.29) is 0 Å². The van der Waals surface area contributed by atoms with E-state index < -0.39 is 10.8 Å². The van der Waals surface area contributed by atoms with Gasteiger partial charge >= 0.3 is 0 Å². The molecule has 0 aliphatic carbocycles. The number of hydrogen-bond donors (Lipinski definition) is 0. The number of hydrogen-bond acceptors (Lipinski definition) is 5. The molecule has 1 aromatic heterocycles. The first kappa shape index (κ1) is 15.8. The molecule has 0 aromatic carbocycles. The van der Waals surface area contributed by atoms with Gasteiger partial charge in [0.15, 0.2) is 5.03 Å². The first-order chi connectivity index (χ1) is 9.72. The molecule has 0 fully saturated rings. The van der Waals surface area contributed by atoms with E-state index >= 15 is 0 Å². The lowest BCUT2D eigenvalue weighted by Gasteiger charge is -2.22. The fourth-order valence-corrected chi connectivity index (χ4v) is 4.38. The van der Waals surface area contributed by atoms with Crippen molar-refractivity contribution in [2.24, 2.45) is 0 Å². The highest BCUT2D eigenvalue weighted by Gasteiger charge is 2.20. The summed E-state index contributed by atoms with van der Waals surface area (Å²) in [6.45, 7) is 4.15. The first-order valence-electron chi connectivity index (χ1n) is 7.31. The first-order valence-corrected chi connectivity index (χ1v) is 9.36. The van der Waals surface area contributed by atoms with Crippen molar-refractivity contribution in [1.82, 2.24) is 13.6 Å². The van der Waals surface area contributed by atoms with Crippen LogP contribution in [-0.4, -0.2) is 43.7 Å². The zero-order valence-electron chi connectivity index (χ0n) is 12.3.